The van der Waals surface area contributed by atoms with Crippen LogP contribution < -0.4 is 14.8 Å². The van der Waals surface area contributed by atoms with Gasteiger partial charge in [0.2, 0.25) is 0 Å². The first kappa shape index (κ1) is 27.3. The molecule has 0 heterocycles. The van der Waals surface area contributed by atoms with Crippen molar-refractivity contribution in [2.75, 3.05) is 19.8 Å². The second-order valence-electron chi connectivity index (χ2n) is 6.81. The number of rotatable bonds is 12. The van der Waals surface area contributed by atoms with Gasteiger partial charge in [0.05, 0.1) is 17.2 Å². The van der Waals surface area contributed by atoms with Crippen molar-refractivity contribution in [3.05, 3.63) is 56.0 Å². The van der Waals surface area contributed by atoms with E-state index in [1.807, 2.05) is 39.0 Å². The van der Waals surface area contributed by atoms with Crippen molar-refractivity contribution in [1.29, 1.82) is 0 Å². The van der Waals surface area contributed by atoms with Gasteiger partial charge in [0, 0.05) is 28.8 Å². The fourth-order valence-corrected chi connectivity index (χ4v) is 3.73. The van der Waals surface area contributed by atoms with Crippen LogP contribution in [0.15, 0.2) is 34.8 Å². The van der Waals surface area contributed by atoms with E-state index in [0.29, 0.717) is 34.8 Å². The molecule has 0 saturated heterocycles. The normalized spacial score (nSPS) is 10.8. The number of benzene rings is 2. The summed E-state index contributed by atoms with van der Waals surface area (Å²) in [5.74, 6) is 1.36. The molecule has 0 bridgehead atoms. The van der Waals surface area contributed by atoms with Gasteiger partial charge in [-0.15, -0.1) is 12.4 Å². The van der Waals surface area contributed by atoms with Crippen LogP contribution >= 0.6 is 51.5 Å². The summed E-state index contributed by atoms with van der Waals surface area (Å²) in [5, 5.41) is 4.61. The maximum absolute atomic E-state index is 6.25. The Kier molecular flexibility index (Phi) is 13.1. The van der Waals surface area contributed by atoms with Crippen molar-refractivity contribution in [3.63, 3.8) is 0 Å². The molecule has 8 heteroatoms. The van der Waals surface area contributed by atoms with Gasteiger partial charge >= 0.3 is 0 Å². The summed E-state index contributed by atoms with van der Waals surface area (Å²) in [6.45, 7) is 9.31. The van der Waals surface area contributed by atoms with Crippen molar-refractivity contribution < 1.29 is 14.2 Å². The highest BCUT2D eigenvalue weighted by molar-refractivity contribution is 9.10. The van der Waals surface area contributed by atoms with Gasteiger partial charge in [0.15, 0.2) is 11.5 Å². The van der Waals surface area contributed by atoms with Crippen LogP contribution in [0.2, 0.25) is 10.0 Å². The Morgan fingerprint density at radius 1 is 1.10 bits per heavy atom. The molecule has 0 aromatic heterocycles. The van der Waals surface area contributed by atoms with Crippen LogP contribution in [0.25, 0.3) is 0 Å². The van der Waals surface area contributed by atoms with Gasteiger partial charge in [-0.25, -0.2) is 0 Å². The van der Waals surface area contributed by atoms with Gasteiger partial charge in [-0.05, 0) is 79.5 Å². The monoisotopic (exact) mass is 539 g/mol. The summed E-state index contributed by atoms with van der Waals surface area (Å²) in [6, 6.07) is 9.41. The molecule has 0 atom stereocenters. The summed E-state index contributed by atoms with van der Waals surface area (Å²) in [7, 11) is 0. The minimum atomic E-state index is 0. The van der Waals surface area contributed by atoms with E-state index >= 15 is 0 Å². The minimum Gasteiger partial charge on any atom is -0.490 e. The van der Waals surface area contributed by atoms with Crippen LogP contribution in [0.1, 0.15) is 38.3 Å². The predicted octanol–water partition coefficient (Wildman–Crippen LogP) is 7.06. The molecule has 1 N–H and O–H groups in total. The zero-order chi connectivity index (χ0) is 21.2. The summed E-state index contributed by atoms with van der Waals surface area (Å²) >= 11 is 15.8. The van der Waals surface area contributed by atoms with Gasteiger partial charge < -0.3 is 19.5 Å². The first-order chi connectivity index (χ1) is 13.9. The highest BCUT2D eigenvalue weighted by atomic mass is 79.9. The molecule has 0 fully saturated rings. The second kappa shape index (κ2) is 14.4. The minimum absolute atomic E-state index is 0. The third-order valence-corrected chi connectivity index (χ3v) is 5.21. The molecule has 0 radical (unpaired) electrons. The zero-order valence-electron chi connectivity index (χ0n) is 17.5. The molecule has 168 valence electrons. The van der Waals surface area contributed by atoms with E-state index in [-0.39, 0.29) is 18.5 Å². The van der Waals surface area contributed by atoms with E-state index in [9.17, 15) is 0 Å². The highest BCUT2D eigenvalue weighted by Gasteiger charge is 2.13. The fraction of sp³-hybridized carbons (Fsp3) is 0.455. The molecular weight excluding hydrogens is 513 g/mol. The van der Waals surface area contributed by atoms with Crippen molar-refractivity contribution in [1.82, 2.24) is 5.32 Å². The average molecular weight is 542 g/mol. The van der Waals surface area contributed by atoms with Gasteiger partial charge in [-0.3, -0.25) is 0 Å². The number of hydrogen-bond donors (Lipinski definition) is 1. The largest absolute Gasteiger partial charge is 0.490 e. The van der Waals surface area contributed by atoms with E-state index in [4.69, 9.17) is 37.4 Å². The van der Waals surface area contributed by atoms with Crippen LogP contribution in [0, 0.1) is 0 Å². The lowest BCUT2D eigenvalue weighted by Crippen LogP contribution is -2.17. The topological polar surface area (TPSA) is 39.7 Å². The molecule has 30 heavy (non-hydrogen) atoms. The number of halogens is 4. The maximum Gasteiger partial charge on any atom is 0.175 e. The summed E-state index contributed by atoms with van der Waals surface area (Å²) in [6.07, 6.45) is 1.25. The van der Waals surface area contributed by atoms with Gasteiger partial charge in [0.1, 0.15) is 6.61 Å². The molecule has 0 unspecified atom stereocenters. The lowest BCUT2D eigenvalue weighted by molar-refractivity contribution is 0.0770. The standard InChI is InChI=1S/C22H28BrCl2NO3.ClH/c1-4-27-21-11-16(13-26-8-5-9-28-15(2)3)10-19(23)22(21)29-14-17-6-7-18(24)12-20(17)25;/h6-7,10-12,15,26H,4-5,8-9,13-14H2,1-3H3;1H. The third kappa shape index (κ3) is 9.21. The lowest BCUT2D eigenvalue weighted by Gasteiger charge is -2.16. The maximum atomic E-state index is 6.25. The Balaban J connectivity index is 0.00000450. The number of nitrogens with one attached hydrogen (secondary N) is 1. The van der Waals surface area contributed by atoms with Crippen LogP contribution in [0.5, 0.6) is 11.5 Å². The number of hydrogen-bond acceptors (Lipinski definition) is 4. The quantitative estimate of drug-likeness (QED) is 0.292. The molecule has 0 amide bonds. The van der Waals surface area contributed by atoms with Crippen LogP contribution in [0.3, 0.4) is 0 Å². The van der Waals surface area contributed by atoms with E-state index in [1.54, 1.807) is 12.1 Å². The van der Waals surface area contributed by atoms with Crippen molar-refractivity contribution >= 4 is 51.5 Å². The van der Waals surface area contributed by atoms with E-state index < -0.39 is 0 Å². The molecule has 2 aromatic carbocycles. The molecule has 0 aliphatic carbocycles. The van der Waals surface area contributed by atoms with E-state index in [0.717, 1.165) is 41.7 Å². The second-order valence-corrected chi connectivity index (χ2v) is 8.51. The molecule has 0 spiro atoms. The Morgan fingerprint density at radius 2 is 1.87 bits per heavy atom. The molecule has 4 nitrogen and oxygen atoms in total. The summed E-state index contributed by atoms with van der Waals surface area (Å²) < 4.78 is 18.2. The smallest absolute Gasteiger partial charge is 0.175 e. The van der Waals surface area contributed by atoms with Crippen molar-refractivity contribution in [2.45, 2.75) is 46.4 Å². The molecule has 2 aromatic rings. The SMILES string of the molecule is CCOc1cc(CNCCCOC(C)C)cc(Br)c1OCc1ccc(Cl)cc1Cl.Cl. The van der Waals surface area contributed by atoms with Crippen LogP contribution in [0.4, 0.5) is 0 Å². The molecular formula is C22H29BrCl3NO3. The predicted molar refractivity (Wildman–Crippen MR) is 131 cm³/mol. The third-order valence-electron chi connectivity index (χ3n) is 4.03. The van der Waals surface area contributed by atoms with Crippen LogP contribution in [-0.4, -0.2) is 25.9 Å². The Morgan fingerprint density at radius 3 is 2.53 bits per heavy atom. The first-order valence-electron chi connectivity index (χ1n) is 9.75. The summed E-state index contributed by atoms with van der Waals surface area (Å²) in [4.78, 5) is 0. The summed E-state index contributed by atoms with van der Waals surface area (Å²) in [5.41, 5.74) is 1.97. The first-order valence-corrected chi connectivity index (χ1v) is 11.3. The Hall–Kier alpha value is -0.690. The fourth-order valence-electron chi connectivity index (χ4n) is 2.66. The Labute approximate surface area is 204 Å². The van der Waals surface area contributed by atoms with E-state index in [1.165, 1.54) is 0 Å². The average Bonchev–Trinajstić information content (AvgIpc) is 2.65. The zero-order valence-corrected chi connectivity index (χ0v) is 21.4. The van der Waals surface area contributed by atoms with Gasteiger partial charge in [0.25, 0.3) is 0 Å². The van der Waals surface area contributed by atoms with Gasteiger partial charge in [-0.1, -0.05) is 29.3 Å². The highest BCUT2D eigenvalue weighted by Crippen LogP contribution is 2.38. The molecule has 2 rings (SSSR count). The lowest BCUT2D eigenvalue weighted by atomic mass is 10.2. The van der Waals surface area contributed by atoms with E-state index in [2.05, 4.69) is 21.2 Å². The Bertz CT molecular complexity index is 790. The van der Waals surface area contributed by atoms with Crippen LogP contribution in [-0.2, 0) is 17.9 Å². The molecule has 0 aliphatic heterocycles. The molecule has 0 aliphatic rings. The van der Waals surface area contributed by atoms with Crippen molar-refractivity contribution in [3.8, 4) is 11.5 Å². The van der Waals surface area contributed by atoms with Crippen molar-refractivity contribution in [2.24, 2.45) is 0 Å². The molecule has 0 saturated carbocycles. The van der Waals surface area contributed by atoms with Gasteiger partial charge in [-0.2, -0.15) is 0 Å². The number of ether oxygens (including phenoxy) is 3.